The van der Waals surface area contributed by atoms with Crippen LogP contribution in [0.1, 0.15) is 33.4 Å². The number of hydrogen-bond acceptors (Lipinski definition) is 6. The molecule has 27 heavy (non-hydrogen) atoms. The summed E-state index contributed by atoms with van der Waals surface area (Å²) < 4.78 is 5.01. The molecule has 7 heteroatoms. The highest BCUT2D eigenvalue weighted by atomic mass is 32.1. The van der Waals surface area contributed by atoms with E-state index in [1.807, 2.05) is 30.3 Å². The molecule has 0 unspecified atom stereocenters. The molecule has 2 N–H and O–H groups in total. The van der Waals surface area contributed by atoms with Crippen molar-refractivity contribution < 1.29 is 9.53 Å². The molecule has 2 aromatic carbocycles. The molecule has 0 atom stereocenters. The number of amides is 1. The molecule has 3 aromatic rings. The fourth-order valence-corrected chi connectivity index (χ4v) is 3.38. The number of aromatic nitrogens is 2. The van der Waals surface area contributed by atoms with Gasteiger partial charge in [0.15, 0.2) is 0 Å². The maximum atomic E-state index is 12.5. The largest absolute Gasteiger partial charge is 0.381 e. The van der Waals surface area contributed by atoms with Gasteiger partial charge in [0.2, 0.25) is 5.13 Å². The van der Waals surface area contributed by atoms with Gasteiger partial charge in [0.25, 0.3) is 5.91 Å². The molecular formula is C20H22N4O2S. The SMILES string of the molecule is CCc1ccccc1NCc1cccc(C(=O)Nc2nnc(COC)s2)c1. The third kappa shape index (κ3) is 5.12. The standard InChI is InChI=1S/C20H22N4O2S/c1-3-15-8-4-5-10-17(15)21-12-14-7-6-9-16(11-14)19(25)22-20-24-23-18(27-20)13-26-2/h4-11,21H,3,12-13H2,1-2H3,(H,22,24,25). The lowest BCUT2D eigenvalue weighted by molar-refractivity contribution is 0.102. The minimum Gasteiger partial charge on any atom is -0.381 e. The zero-order valence-corrected chi connectivity index (χ0v) is 16.2. The Morgan fingerprint density at radius 2 is 2.00 bits per heavy atom. The third-order valence-corrected chi connectivity index (χ3v) is 4.84. The molecule has 6 nitrogen and oxygen atoms in total. The Kier molecular flexibility index (Phi) is 6.51. The van der Waals surface area contributed by atoms with Crippen molar-refractivity contribution in [2.24, 2.45) is 0 Å². The lowest BCUT2D eigenvalue weighted by Gasteiger charge is -2.11. The summed E-state index contributed by atoms with van der Waals surface area (Å²) in [6.45, 7) is 3.17. The molecule has 0 saturated heterocycles. The van der Waals surface area contributed by atoms with Crippen LogP contribution in [-0.2, 0) is 24.3 Å². The molecule has 1 aromatic heterocycles. The van der Waals surface area contributed by atoms with Crippen LogP contribution in [0.3, 0.4) is 0 Å². The smallest absolute Gasteiger partial charge is 0.257 e. The van der Waals surface area contributed by atoms with Gasteiger partial charge in [-0.3, -0.25) is 10.1 Å². The summed E-state index contributed by atoms with van der Waals surface area (Å²) in [6, 6.07) is 15.8. The number of ether oxygens (including phenoxy) is 1. The van der Waals surface area contributed by atoms with E-state index in [0.717, 1.165) is 22.7 Å². The summed E-state index contributed by atoms with van der Waals surface area (Å²) in [5.74, 6) is -0.203. The van der Waals surface area contributed by atoms with Gasteiger partial charge in [-0.05, 0) is 35.7 Å². The maximum Gasteiger partial charge on any atom is 0.257 e. The Balaban J connectivity index is 1.64. The summed E-state index contributed by atoms with van der Waals surface area (Å²) in [4.78, 5) is 12.5. The number of nitrogens with zero attached hydrogens (tertiary/aromatic N) is 2. The van der Waals surface area contributed by atoms with Gasteiger partial charge in [0.05, 0.1) is 0 Å². The lowest BCUT2D eigenvalue weighted by Crippen LogP contribution is -2.12. The molecule has 140 valence electrons. The van der Waals surface area contributed by atoms with Gasteiger partial charge in [-0.25, -0.2) is 0 Å². The number of benzene rings is 2. The highest BCUT2D eigenvalue weighted by Crippen LogP contribution is 2.19. The molecule has 0 bridgehead atoms. The van der Waals surface area contributed by atoms with Crippen LogP contribution < -0.4 is 10.6 Å². The van der Waals surface area contributed by atoms with E-state index in [1.54, 1.807) is 13.2 Å². The third-order valence-electron chi connectivity index (χ3n) is 4.03. The highest BCUT2D eigenvalue weighted by Gasteiger charge is 2.11. The second-order valence-corrected chi connectivity index (χ2v) is 7.01. The second-order valence-electron chi connectivity index (χ2n) is 5.95. The van der Waals surface area contributed by atoms with Crippen LogP contribution in [0.5, 0.6) is 0 Å². The van der Waals surface area contributed by atoms with E-state index in [4.69, 9.17) is 4.74 Å². The van der Waals surface area contributed by atoms with Crippen molar-refractivity contribution >= 4 is 28.1 Å². The maximum absolute atomic E-state index is 12.5. The Bertz CT molecular complexity index is 910. The summed E-state index contributed by atoms with van der Waals surface area (Å²) >= 11 is 1.30. The molecular weight excluding hydrogens is 360 g/mol. The first kappa shape index (κ1) is 19.0. The fourth-order valence-electron chi connectivity index (χ4n) is 2.68. The van der Waals surface area contributed by atoms with E-state index >= 15 is 0 Å². The molecule has 1 amide bonds. The van der Waals surface area contributed by atoms with Crippen molar-refractivity contribution in [1.29, 1.82) is 0 Å². The van der Waals surface area contributed by atoms with E-state index < -0.39 is 0 Å². The molecule has 0 fully saturated rings. The van der Waals surface area contributed by atoms with E-state index in [2.05, 4.69) is 39.9 Å². The van der Waals surface area contributed by atoms with Crippen LogP contribution in [0.15, 0.2) is 48.5 Å². The van der Waals surface area contributed by atoms with Crippen LogP contribution in [0.2, 0.25) is 0 Å². The van der Waals surface area contributed by atoms with Gasteiger partial charge >= 0.3 is 0 Å². The molecule has 0 aliphatic rings. The predicted octanol–water partition coefficient (Wildman–Crippen LogP) is 4.11. The fraction of sp³-hybridized carbons (Fsp3) is 0.250. The van der Waals surface area contributed by atoms with E-state index in [1.165, 1.54) is 16.9 Å². The number of rotatable bonds is 8. The molecule has 3 rings (SSSR count). The summed E-state index contributed by atoms with van der Waals surface area (Å²) in [6.07, 6.45) is 0.971. The molecule has 0 aliphatic heterocycles. The summed E-state index contributed by atoms with van der Waals surface area (Å²) in [5.41, 5.74) is 4.01. The first-order valence-corrected chi connectivity index (χ1v) is 9.54. The van der Waals surface area contributed by atoms with Crippen LogP contribution in [0.4, 0.5) is 10.8 Å². The van der Waals surface area contributed by atoms with Crippen LogP contribution in [-0.4, -0.2) is 23.2 Å². The van der Waals surface area contributed by atoms with Gasteiger partial charge in [0.1, 0.15) is 11.6 Å². The molecule has 0 saturated carbocycles. The Labute approximate surface area is 162 Å². The zero-order valence-electron chi connectivity index (χ0n) is 15.4. The van der Waals surface area contributed by atoms with Crippen molar-refractivity contribution in [3.05, 3.63) is 70.2 Å². The number of carbonyl (C=O) groups excluding carboxylic acids is 1. The minimum atomic E-state index is -0.203. The zero-order chi connectivity index (χ0) is 19.1. The summed E-state index contributed by atoms with van der Waals surface area (Å²) in [7, 11) is 1.60. The average Bonchev–Trinajstić information content (AvgIpc) is 3.14. The van der Waals surface area contributed by atoms with Gasteiger partial charge in [-0.2, -0.15) is 0 Å². The monoisotopic (exact) mass is 382 g/mol. The van der Waals surface area contributed by atoms with Crippen molar-refractivity contribution in [3.63, 3.8) is 0 Å². The van der Waals surface area contributed by atoms with Crippen molar-refractivity contribution in [1.82, 2.24) is 10.2 Å². The summed E-state index contributed by atoms with van der Waals surface area (Å²) in [5, 5.41) is 15.4. The Morgan fingerprint density at radius 1 is 1.15 bits per heavy atom. The first-order valence-electron chi connectivity index (χ1n) is 8.73. The van der Waals surface area contributed by atoms with Crippen molar-refractivity contribution in [2.45, 2.75) is 26.5 Å². The lowest BCUT2D eigenvalue weighted by atomic mass is 10.1. The molecule has 1 heterocycles. The van der Waals surface area contributed by atoms with E-state index in [-0.39, 0.29) is 5.91 Å². The molecule has 0 aliphatic carbocycles. The quantitative estimate of drug-likeness (QED) is 0.613. The van der Waals surface area contributed by atoms with Crippen LogP contribution in [0.25, 0.3) is 0 Å². The number of carbonyl (C=O) groups is 1. The number of nitrogens with one attached hydrogen (secondary N) is 2. The van der Waals surface area contributed by atoms with Gasteiger partial charge in [0, 0.05) is 24.9 Å². The first-order chi connectivity index (χ1) is 13.2. The number of hydrogen-bond donors (Lipinski definition) is 2. The number of methoxy groups -OCH3 is 1. The minimum absolute atomic E-state index is 0.203. The van der Waals surface area contributed by atoms with Crippen molar-refractivity contribution in [2.75, 3.05) is 17.7 Å². The van der Waals surface area contributed by atoms with Crippen molar-refractivity contribution in [3.8, 4) is 0 Å². The second kappa shape index (κ2) is 9.25. The number of aryl methyl sites for hydroxylation is 1. The van der Waals surface area contributed by atoms with Gasteiger partial charge < -0.3 is 10.1 Å². The number of para-hydroxylation sites is 1. The molecule has 0 radical (unpaired) electrons. The normalized spacial score (nSPS) is 10.6. The average molecular weight is 382 g/mol. The highest BCUT2D eigenvalue weighted by molar-refractivity contribution is 7.15. The topological polar surface area (TPSA) is 76.1 Å². The van der Waals surface area contributed by atoms with E-state index in [0.29, 0.717) is 23.8 Å². The predicted molar refractivity (Wildman–Crippen MR) is 108 cm³/mol. The van der Waals surface area contributed by atoms with Crippen LogP contribution in [0, 0.1) is 0 Å². The van der Waals surface area contributed by atoms with Gasteiger partial charge in [-0.1, -0.05) is 48.6 Å². The Morgan fingerprint density at radius 3 is 2.81 bits per heavy atom. The van der Waals surface area contributed by atoms with Crippen LogP contribution >= 0.6 is 11.3 Å². The van der Waals surface area contributed by atoms with E-state index in [9.17, 15) is 4.79 Å². The molecule has 0 spiro atoms. The van der Waals surface area contributed by atoms with Gasteiger partial charge in [-0.15, -0.1) is 10.2 Å². The number of anilines is 2. The Hall–Kier alpha value is -2.77.